The van der Waals surface area contributed by atoms with Gasteiger partial charge in [-0.3, -0.25) is 4.79 Å². The Hall–Kier alpha value is -2.26. The average molecular weight is 344 g/mol. The summed E-state index contributed by atoms with van der Waals surface area (Å²) in [6, 6.07) is 4.98. The third-order valence-corrected chi connectivity index (χ3v) is 4.42. The van der Waals surface area contributed by atoms with Crippen LogP contribution in [0, 0.1) is 11.6 Å². The summed E-state index contributed by atoms with van der Waals surface area (Å²) in [5.74, 6) is -2.91. The number of nitrogens with one attached hydrogen (secondary N) is 2. The quantitative estimate of drug-likeness (QED) is 0.868. The van der Waals surface area contributed by atoms with E-state index in [2.05, 4.69) is 10.0 Å². The first-order chi connectivity index (χ1) is 10.7. The molecule has 0 aliphatic heterocycles. The lowest BCUT2D eigenvalue weighted by Gasteiger charge is -2.13. The van der Waals surface area contributed by atoms with Gasteiger partial charge in [-0.05, 0) is 43.8 Å². The van der Waals surface area contributed by atoms with Gasteiger partial charge in [0.1, 0.15) is 0 Å². The highest BCUT2D eigenvalue weighted by atomic mass is 32.2. The molecule has 1 aromatic carbocycles. The van der Waals surface area contributed by atoms with Crippen molar-refractivity contribution in [2.45, 2.75) is 18.1 Å². The lowest BCUT2D eigenvalue weighted by Crippen LogP contribution is -2.26. The van der Waals surface area contributed by atoms with Crippen LogP contribution in [0.4, 0.5) is 8.78 Å². The number of hydrogen-bond donors (Lipinski definition) is 2. The van der Waals surface area contributed by atoms with Crippen LogP contribution in [-0.2, 0) is 10.0 Å². The second kappa shape index (κ2) is 6.47. The molecule has 2 N–H and O–H groups in total. The van der Waals surface area contributed by atoms with E-state index in [9.17, 15) is 22.0 Å². The molecule has 1 unspecified atom stereocenters. The molecule has 1 amide bonds. The summed E-state index contributed by atoms with van der Waals surface area (Å²) < 4.78 is 56.2. The van der Waals surface area contributed by atoms with E-state index in [-0.39, 0.29) is 5.76 Å². The van der Waals surface area contributed by atoms with Crippen molar-refractivity contribution in [1.82, 2.24) is 10.0 Å². The third kappa shape index (κ3) is 3.74. The highest BCUT2D eigenvalue weighted by molar-refractivity contribution is 7.89. The third-order valence-electron chi connectivity index (χ3n) is 3.13. The maximum absolute atomic E-state index is 13.2. The fourth-order valence-electron chi connectivity index (χ4n) is 1.82. The number of hydrogen-bond acceptors (Lipinski definition) is 4. The molecule has 1 aromatic heterocycles. The van der Waals surface area contributed by atoms with E-state index in [0.717, 1.165) is 18.2 Å². The molecule has 0 radical (unpaired) electrons. The van der Waals surface area contributed by atoms with Crippen molar-refractivity contribution < 1.29 is 26.4 Å². The van der Waals surface area contributed by atoms with Crippen molar-refractivity contribution in [3.63, 3.8) is 0 Å². The molecule has 0 aliphatic rings. The van der Waals surface area contributed by atoms with Crippen LogP contribution in [-0.4, -0.2) is 21.4 Å². The van der Waals surface area contributed by atoms with Crippen molar-refractivity contribution in [2.75, 3.05) is 7.05 Å². The molecule has 0 spiro atoms. The largest absolute Gasteiger partial charge is 0.438 e. The van der Waals surface area contributed by atoms with Gasteiger partial charge in [0.05, 0.1) is 6.04 Å². The second-order valence-corrected chi connectivity index (χ2v) is 6.51. The van der Waals surface area contributed by atoms with Gasteiger partial charge in [-0.2, -0.15) is 0 Å². The molecule has 0 aliphatic carbocycles. The summed E-state index contributed by atoms with van der Waals surface area (Å²) >= 11 is 0. The Kier molecular flexibility index (Phi) is 4.81. The first-order valence-electron chi connectivity index (χ1n) is 6.54. The van der Waals surface area contributed by atoms with Crippen molar-refractivity contribution in [1.29, 1.82) is 0 Å². The van der Waals surface area contributed by atoms with E-state index in [1.807, 2.05) is 0 Å². The summed E-state index contributed by atoms with van der Waals surface area (Å²) in [6.07, 6.45) is 0. The molecular weight excluding hydrogens is 330 g/mol. The van der Waals surface area contributed by atoms with Gasteiger partial charge in [-0.1, -0.05) is 6.07 Å². The predicted molar refractivity (Wildman–Crippen MR) is 77.2 cm³/mol. The monoisotopic (exact) mass is 344 g/mol. The van der Waals surface area contributed by atoms with Gasteiger partial charge < -0.3 is 9.73 Å². The van der Waals surface area contributed by atoms with Crippen LogP contribution in [0.3, 0.4) is 0 Å². The Morgan fingerprint density at radius 2 is 1.87 bits per heavy atom. The summed E-state index contributed by atoms with van der Waals surface area (Å²) in [5.41, 5.74) is 0.354. The van der Waals surface area contributed by atoms with Crippen LogP contribution in [0.25, 0.3) is 0 Å². The highest BCUT2D eigenvalue weighted by Crippen LogP contribution is 2.18. The molecule has 1 heterocycles. The van der Waals surface area contributed by atoms with Crippen LogP contribution < -0.4 is 10.0 Å². The zero-order chi connectivity index (χ0) is 17.2. The van der Waals surface area contributed by atoms with Crippen molar-refractivity contribution in [3.8, 4) is 0 Å². The number of sulfonamides is 1. The molecule has 2 aromatic rings. The molecule has 23 heavy (non-hydrogen) atoms. The van der Waals surface area contributed by atoms with E-state index >= 15 is 0 Å². The van der Waals surface area contributed by atoms with Gasteiger partial charge in [0.15, 0.2) is 17.4 Å². The Morgan fingerprint density at radius 1 is 1.17 bits per heavy atom. The van der Waals surface area contributed by atoms with E-state index in [0.29, 0.717) is 5.56 Å². The standard InChI is InChI=1S/C14H14F2N2O4S/c1-8(9-3-4-10(15)11(16)7-9)18-14(19)12-5-6-13(22-12)23(20,21)17-2/h3-8,17H,1-2H3,(H,18,19). The molecule has 0 fully saturated rings. The normalized spacial score (nSPS) is 12.9. The van der Waals surface area contributed by atoms with Crippen LogP contribution >= 0.6 is 0 Å². The topological polar surface area (TPSA) is 88.4 Å². The van der Waals surface area contributed by atoms with E-state index in [4.69, 9.17) is 4.42 Å². The van der Waals surface area contributed by atoms with Gasteiger partial charge in [-0.25, -0.2) is 21.9 Å². The second-order valence-electron chi connectivity index (χ2n) is 4.69. The number of benzene rings is 1. The minimum absolute atomic E-state index is 0.215. The van der Waals surface area contributed by atoms with Gasteiger partial charge in [-0.15, -0.1) is 0 Å². The maximum Gasteiger partial charge on any atom is 0.287 e. The van der Waals surface area contributed by atoms with Crippen LogP contribution in [0.1, 0.15) is 29.1 Å². The fourth-order valence-corrected chi connectivity index (χ4v) is 2.47. The lowest BCUT2D eigenvalue weighted by atomic mass is 10.1. The van der Waals surface area contributed by atoms with E-state index in [1.165, 1.54) is 19.2 Å². The molecule has 0 bridgehead atoms. The highest BCUT2D eigenvalue weighted by Gasteiger charge is 2.21. The van der Waals surface area contributed by atoms with E-state index < -0.39 is 38.7 Å². The van der Waals surface area contributed by atoms with Crippen LogP contribution in [0.15, 0.2) is 39.8 Å². The summed E-state index contributed by atoms with van der Waals surface area (Å²) in [5, 5.41) is 2.11. The number of rotatable bonds is 5. The molecule has 0 saturated carbocycles. The Labute approximate surface area is 131 Å². The lowest BCUT2D eigenvalue weighted by molar-refractivity contribution is 0.0906. The SMILES string of the molecule is CNS(=O)(=O)c1ccc(C(=O)NC(C)c2ccc(F)c(F)c2)o1. The summed E-state index contributed by atoms with van der Waals surface area (Å²) in [6.45, 7) is 1.57. The molecule has 6 nitrogen and oxygen atoms in total. The molecule has 2 rings (SSSR count). The number of halogens is 2. The maximum atomic E-state index is 13.2. The number of carbonyl (C=O) groups excluding carboxylic acids is 1. The molecule has 0 saturated heterocycles. The van der Waals surface area contributed by atoms with Crippen molar-refractivity contribution in [2.24, 2.45) is 0 Å². The minimum atomic E-state index is -3.79. The Morgan fingerprint density at radius 3 is 2.48 bits per heavy atom. The first kappa shape index (κ1) is 17.1. The summed E-state index contributed by atoms with van der Waals surface area (Å²) in [7, 11) is -2.58. The van der Waals surface area contributed by atoms with Crippen molar-refractivity contribution in [3.05, 3.63) is 53.3 Å². The molecule has 124 valence electrons. The number of furan rings is 1. The van der Waals surface area contributed by atoms with E-state index in [1.54, 1.807) is 6.92 Å². The van der Waals surface area contributed by atoms with Gasteiger partial charge in [0.2, 0.25) is 5.09 Å². The number of carbonyl (C=O) groups is 1. The van der Waals surface area contributed by atoms with Crippen LogP contribution in [0.5, 0.6) is 0 Å². The smallest absolute Gasteiger partial charge is 0.287 e. The minimum Gasteiger partial charge on any atom is -0.438 e. The fraction of sp³-hybridized carbons (Fsp3) is 0.214. The van der Waals surface area contributed by atoms with Crippen molar-refractivity contribution >= 4 is 15.9 Å². The first-order valence-corrected chi connectivity index (χ1v) is 8.02. The summed E-state index contributed by atoms with van der Waals surface area (Å²) in [4.78, 5) is 12.0. The molecule has 9 heteroatoms. The molecule has 1 atom stereocenters. The van der Waals surface area contributed by atoms with Crippen LogP contribution in [0.2, 0.25) is 0 Å². The zero-order valence-corrected chi connectivity index (χ0v) is 13.1. The average Bonchev–Trinajstić information content (AvgIpc) is 3.00. The Balaban J connectivity index is 2.14. The van der Waals surface area contributed by atoms with Gasteiger partial charge in [0, 0.05) is 0 Å². The molecular formula is C14H14F2N2O4S. The zero-order valence-electron chi connectivity index (χ0n) is 12.3. The van der Waals surface area contributed by atoms with Gasteiger partial charge in [0.25, 0.3) is 15.9 Å². The number of amides is 1. The Bertz CT molecular complexity index is 833. The predicted octanol–water partition coefficient (Wildman–Crippen LogP) is 1.96. The van der Waals surface area contributed by atoms with Gasteiger partial charge >= 0.3 is 0 Å².